The molecule has 0 aliphatic rings. The molecule has 0 spiro atoms. The van der Waals surface area contributed by atoms with Crippen LogP contribution < -0.4 is 10.5 Å². The van der Waals surface area contributed by atoms with Crippen LogP contribution in [-0.2, 0) is 26.4 Å². The highest BCUT2D eigenvalue weighted by Gasteiger charge is 2.17. The van der Waals surface area contributed by atoms with Crippen LogP contribution in [-0.4, -0.2) is 35.4 Å². The van der Waals surface area contributed by atoms with Gasteiger partial charge >= 0.3 is 0 Å². The lowest BCUT2D eigenvalue weighted by molar-refractivity contribution is 0.581. The van der Waals surface area contributed by atoms with Gasteiger partial charge in [-0.05, 0) is 24.1 Å². The molecule has 1 aromatic rings. The number of nitrogens with one attached hydrogen (secondary N) is 1. The Morgan fingerprint density at radius 1 is 1.21 bits per heavy atom. The standard InChI is InChI=1S/C11H18N2O4S2/c1-9-7-10(8-12)3-4-11(9)19(16,17)13-5-6-18(2,14)15/h3-4,7,13H,5-6,8,12H2,1-2H3. The van der Waals surface area contributed by atoms with Gasteiger partial charge in [0.25, 0.3) is 0 Å². The van der Waals surface area contributed by atoms with Crippen molar-refractivity contribution >= 4 is 19.9 Å². The fourth-order valence-electron chi connectivity index (χ4n) is 1.58. The number of sulfonamides is 1. The van der Waals surface area contributed by atoms with Gasteiger partial charge in [-0.3, -0.25) is 0 Å². The third-order valence-electron chi connectivity index (χ3n) is 2.53. The highest BCUT2D eigenvalue weighted by atomic mass is 32.2. The second kappa shape index (κ2) is 6.00. The number of aryl methyl sites for hydroxylation is 1. The lowest BCUT2D eigenvalue weighted by Crippen LogP contribution is -2.29. The molecule has 0 atom stereocenters. The number of nitrogens with two attached hydrogens (primary N) is 1. The van der Waals surface area contributed by atoms with E-state index >= 15 is 0 Å². The fraction of sp³-hybridized carbons (Fsp3) is 0.455. The van der Waals surface area contributed by atoms with E-state index in [1.165, 1.54) is 6.07 Å². The van der Waals surface area contributed by atoms with Gasteiger partial charge in [-0.2, -0.15) is 0 Å². The van der Waals surface area contributed by atoms with Crippen LogP contribution >= 0.6 is 0 Å². The van der Waals surface area contributed by atoms with E-state index in [9.17, 15) is 16.8 Å². The fourth-order valence-corrected chi connectivity index (χ4v) is 3.44. The van der Waals surface area contributed by atoms with E-state index in [-0.39, 0.29) is 17.2 Å². The zero-order chi connectivity index (χ0) is 14.7. The van der Waals surface area contributed by atoms with Crippen molar-refractivity contribution in [3.63, 3.8) is 0 Å². The number of rotatable bonds is 6. The van der Waals surface area contributed by atoms with Gasteiger partial charge in [0.15, 0.2) is 0 Å². The summed E-state index contributed by atoms with van der Waals surface area (Å²) in [5, 5.41) is 0. The Bertz CT molecular complexity index is 651. The van der Waals surface area contributed by atoms with Gasteiger partial charge in [0, 0.05) is 19.3 Å². The predicted octanol–water partition coefficient (Wildman–Crippen LogP) is -0.223. The number of hydrogen-bond donors (Lipinski definition) is 2. The lowest BCUT2D eigenvalue weighted by atomic mass is 10.1. The molecule has 6 nitrogen and oxygen atoms in total. The average Bonchev–Trinajstić information content (AvgIpc) is 2.26. The molecule has 3 N–H and O–H groups in total. The Kier molecular flexibility index (Phi) is 5.08. The van der Waals surface area contributed by atoms with Crippen LogP contribution in [0.3, 0.4) is 0 Å². The molecule has 0 fully saturated rings. The van der Waals surface area contributed by atoms with Crippen molar-refractivity contribution in [2.45, 2.75) is 18.4 Å². The monoisotopic (exact) mass is 306 g/mol. The van der Waals surface area contributed by atoms with Crippen molar-refractivity contribution in [1.29, 1.82) is 0 Å². The average molecular weight is 306 g/mol. The van der Waals surface area contributed by atoms with E-state index in [4.69, 9.17) is 5.73 Å². The van der Waals surface area contributed by atoms with E-state index in [0.29, 0.717) is 12.1 Å². The van der Waals surface area contributed by atoms with Crippen molar-refractivity contribution in [2.24, 2.45) is 5.73 Å². The molecule has 8 heteroatoms. The SMILES string of the molecule is Cc1cc(CN)ccc1S(=O)(=O)NCCS(C)(=O)=O. The van der Waals surface area contributed by atoms with Crippen LogP contribution in [0, 0.1) is 6.92 Å². The van der Waals surface area contributed by atoms with E-state index in [1.807, 2.05) is 0 Å². The van der Waals surface area contributed by atoms with Gasteiger partial charge < -0.3 is 5.73 Å². The number of benzene rings is 1. The van der Waals surface area contributed by atoms with Crippen molar-refractivity contribution in [2.75, 3.05) is 18.6 Å². The van der Waals surface area contributed by atoms with Crippen LogP contribution in [0.4, 0.5) is 0 Å². The van der Waals surface area contributed by atoms with Crippen molar-refractivity contribution in [1.82, 2.24) is 4.72 Å². The highest BCUT2D eigenvalue weighted by molar-refractivity contribution is 7.91. The Morgan fingerprint density at radius 3 is 2.32 bits per heavy atom. The minimum Gasteiger partial charge on any atom is -0.326 e. The molecule has 0 aliphatic carbocycles. The molecule has 0 unspecified atom stereocenters. The molecule has 19 heavy (non-hydrogen) atoms. The van der Waals surface area contributed by atoms with Crippen LogP contribution in [0.5, 0.6) is 0 Å². The van der Waals surface area contributed by atoms with Gasteiger partial charge in [0.1, 0.15) is 9.84 Å². The van der Waals surface area contributed by atoms with E-state index < -0.39 is 19.9 Å². The summed E-state index contributed by atoms with van der Waals surface area (Å²) in [6.45, 7) is 1.87. The molecule has 0 saturated heterocycles. The Morgan fingerprint density at radius 2 is 1.84 bits per heavy atom. The van der Waals surface area contributed by atoms with E-state index in [1.54, 1.807) is 19.1 Å². The molecule has 0 bridgehead atoms. The third-order valence-corrected chi connectivity index (χ3v) is 5.10. The minimum atomic E-state index is -3.69. The summed E-state index contributed by atoms with van der Waals surface area (Å²) < 4.78 is 48.2. The third kappa shape index (κ3) is 4.90. The summed E-state index contributed by atoms with van der Waals surface area (Å²) in [7, 11) is -6.89. The highest BCUT2D eigenvalue weighted by Crippen LogP contribution is 2.16. The van der Waals surface area contributed by atoms with Gasteiger partial charge in [0.2, 0.25) is 10.0 Å². The molecular weight excluding hydrogens is 288 g/mol. The molecule has 1 rings (SSSR count). The van der Waals surface area contributed by atoms with Crippen LogP contribution in [0.1, 0.15) is 11.1 Å². The Balaban J connectivity index is 2.89. The lowest BCUT2D eigenvalue weighted by Gasteiger charge is -2.10. The molecule has 0 heterocycles. The van der Waals surface area contributed by atoms with Crippen LogP contribution in [0.25, 0.3) is 0 Å². The van der Waals surface area contributed by atoms with Crippen molar-refractivity contribution in [3.8, 4) is 0 Å². The second-order valence-electron chi connectivity index (χ2n) is 4.33. The molecule has 0 aromatic heterocycles. The largest absolute Gasteiger partial charge is 0.326 e. The molecule has 0 amide bonds. The zero-order valence-electron chi connectivity index (χ0n) is 10.9. The maximum Gasteiger partial charge on any atom is 0.240 e. The van der Waals surface area contributed by atoms with Gasteiger partial charge in [0.05, 0.1) is 10.6 Å². The normalized spacial score (nSPS) is 12.6. The maximum atomic E-state index is 12.0. The molecule has 0 saturated carbocycles. The van der Waals surface area contributed by atoms with Crippen molar-refractivity contribution < 1.29 is 16.8 Å². The van der Waals surface area contributed by atoms with Crippen LogP contribution in [0.15, 0.2) is 23.1 Å². The summed E-state index contributed by atoms with van der Waals surface area (Å²) in [4.78, 5) is 0.137. The zero-order valence-corrected chi connectivity index (χ0v) is 12.5. The topological polar surface area (TPSA) is 106 Å². The minimum absolute atomic E-state index is 0.137. The second-order valence-corrected chi connectivity index (χ2v) is 8.33. The molecule has 1 aromatic carbocycles. The summed E-state index contributed by atoms with van der Waals surface area (Å²) in [5.41, 5.74) is 6.89. The van der Waals surface area contributed by atoms with Gasteiger partial charge in [-0.25, -0.2) is 21.6 Å². The first-order valence-corrected chi connectivity index (χ1v) is 9.17. The first-order chi connectivity index (χ1) is 8.65. The Labute approximate surface area is 114 Å². The van der Waals surface area contributed by atoms with Crippen molar-refractivity contribution in [3.05, 3.63) is 29.3 Å². The molecular formula is C11H18N2O4S2. The molecule has 0 radical (unpaired) electrons. The van der Waals surface area contributed by atoms with E-state index in [0.717, 1.165) is 11.8 Å². The van der Waals surface area contributed by atoms with Gasteiger partial charge in [-0.1, -0.05) is 12.1 Å². The summed E-state index contributed by atoms with van der Waals surface area (Å²) >= 11 is 0. The maximum absolute atomic E-state index is 12.0. The smallest absolute Gasteiger partial charge is 0.240 e. The predicted molar refractivity (Wildman–Crippen MR) is 74.0 cm³/mol. The van der Waals surface area contributed by atoms with E-state index in [2.05, 4.69) is 4.72 Å². The number of sulfone groups is 1. The molecule has 108 valence electrons. The van der Waals surface area contributed by atoms with Crippen LogP contribution in [0.2, 0.25) is 0 Å². The summed E-state index contributed by atoms with van der Waals surface area (Å²) in [6.07, 6.45) is 1.06. The quantitative estimate of drug-likeness (QED) is 0.755. The number of hydrogen-bond acceptors (Lipinski definition) is 5. The Hall–Kier alpha value is -0.960. The summed E-state index contributed by atoms with van der Waals surface area (Å²) in [5.74, 6) is -0.230. The van der Waals surface area contributed by atoms with Gasteiger partial charge in [-0.15, -0.1) is 0 Å². The first kappa shape index (κ1) is 16.1. The first-order valence-electron chi connectivity index (χ1n) is 5.63. The summed E-state index contributed by atoms with van der Waals surface area (Å²) in [6, 6.07) is 4.81. The molecule has 0 aliphatic heterocycles.